The second kappa shape index (κ2) is 5.71. The molecule has 7 heteroatoms. The van der Waals surface area contributed by atoms with Gasteiger partial charge in [0, 0.05) is 0 Å². The van der Waals surface area contributed by atoms with Crippen LogP contribution in [0.3, 0.4) is 0 Å². The minimum absolute atomic E-state index is 0.0297. The van der Waals surface area contributed by atoms with E-state index in [2.05, 4.69) is 0 Å². The summed E-state index contributed by atoms with van der Waals surface area (Å²) < 4.78 is 28.0. The van der Waals surface area contributed by atoms with Crippen LogP contribution in [-0.2, 0) is 14.8 Å². The number of esters is 1. The predicted molar refractivity (Wildman–Crippen MR) is 75.2 cm³/mol. The Kier molecular flexibility index (Phi) is 4.36. The lowest BCUT2D eigenvalue weighted by Gasteiger charge is -2.09. The number of aryl methyl sites for hydroxylation is 1. The lowest BCUT2D eigenvalue weighted by molar-refractivity contribution is 0.0494. The molecule has 0 spiro atoms. The maximum absolute atomic E-state index is 11.9. The standard InChI is InChI=1S/C13H16ClNO4S/c1-8-6-10(7-11(12(8)14)20(15,17)18)13(16)19-5-4-9-2-3-9/h6-7,9H,2-5H2,1H3,(H2,15,17,18). The summed E-state index contributed by atoms with van der Waals surface area (Å²) >= 11 is 5.90. The molecule has 1 aromatic rings. The molecule has 1 fully saturated rings. The van der Waals surface area contributed by atoms with Crippen LogP contribution in [0.4, 0.5) is 0 Å². The van der Waals surface area contributed by atoms with Crippen molar-refractivity contribution < 1.29 is 17.9 Å². The van der Waals surface area contributed by atoms with E-state index in [1.165, 1.54) is 18.9 Å². The van der Waals surface area contributed by atoms with Crippen LogP contribution in [0.2, 0.25) is 5.02 Å². The molecule has 2 rings (SSSR count). The van der Waals surface area contributed by atoms with Gasteiger partial charge in [0.15, 0.2) is 0 Å². The normalized spacial score (nSPS) is 15.2. The van der Waals surface area contributed by atoms with Crippen LogP contribution in [0, 0.1) is 12.8 Å². The number of nitrogens with two attached hydrogens (primary N) is 1. The van der Waals surface area contributed by atoms with E-state index in [4.69, 9.17) is 21.5 Å². The smallest absolute Gasteiger partial charge is 0.338 e. The van der Waals surface area contributed by atoms with Gasteiger partial charge in [-0.05, 0) is 37.0 Å². The lowest BCUT2D eigenvalue weighted by Crippen LogP contribution is -2.15. The van der Waals surface area contributed by atoms with Crippen LogP contribution in [-0.4, -0.2) is 21.0 Å². The van der Waals surface area contributed by atoms with Crippen molar-refractivity contribution in [2.45, 2.75) is 31.1 Å². The maximum atomic E-state index is 11.9. The molecule has 0 unspecified atom stereocenters. The van der Waals surface area contributed by atoms with Crippen LogP contribution in [0.5, 0.6) is 0 Å². The van der Waals surface area contributed by atoms with E-state index in [1.807, 2.05) is 0 Å². The van der Waals surface area contributed by atoms with E-state index in [0.717, 1.165) is 12.5 Å². The quantitative estimate of drug-likeness (QED) is 0.844. The van der Waals surface area contributed by atoms with E-state index in [-0.39, 0.29) is 15.5 Å². The van der Waals surface area contributed by atoms with E-state index in [0.29, 0.717) is 18.1 Å². The minimum atomic E-state index is -3.98. The summed E-state index contributed by atoms with van der Waals surface area (Å²) in [7, 11) is -3.98. The van der Waals surface area contributed by atoms with Gasteiger partial charge in [-0.1, -0.05) is 24.4 Å². The number of hydrogen-bond acceptors (Lipinski definition) is 4. The van der Waals surface area contributed by atoms with Gasteiger partial charge in [-0.3, -0.25) is 0 Å². The molecule has 0 aromatic heterocycles. The summed E-state index contributed by atoms with van der Waals surface area (Å²) in [5.74, 6) is 0.102. The first kappa shape index (κ1) is 15.3. The Bertz CT molecular complexity index is 638. The van der Waals surface area contributed by atoms with Gasteiger partial charge >= 0.3 is 5.97 Å². The molecule has 0 radical (unpaired) electrons. The van der Waals surface area contributed by atoms with Gasteiger partial charge in [-0.25, -0.2) is 18.4 Å². The molecular formula is C13H16ClNO4S. The molecule has 1 aromatic carbocycles. The molecule has 0 atom stereocenters. The van der Waals surface area contributed by atoms with Gasteiger partial charge in [-0.15, -0.1) is 0 Å². The Labute approximate surface area is 123 Å². The zero-order valence-corrected chi connectivity index (χ0v) is 12.6. The van der Waals surface area contributed by atoms with Crippen molar-refractivity contribution in [3.05, 3.63) is 28.3 Å². The van der Waals surface area contributed by atoms with Gasteiger partial charge in [0.1, 0.15) is 4.90 Å². The third kappa shape index (κ3) is 3.71. The Morgan fingerprint density at radius 3 is 2.65 bits per heavy atom. The first-order valence-corrected chi connectivity index (χ1v) is 8.21. The van der Waals surface area contributed by atoms with Crippen molar-refractivity contribution in [3.8, 4) is 0 Å². The molecule has 20 heavy (non-hydrogen) atoms. The number of ether oxygens (including phenoxy) is 1. The van der Waals surface area contributed by atoms with E-state index in [9.17, 15) is 13.2 Å². The third-order valence-electron chi connectivity index (χ3n) is 3.22. The van der Waals surface area contributed by atoms with Crippen LogP contribution in [0.25, 0.3) is 0 Å². The molecule has 2 N–H and O–H groups in total. The SMILES string of the molecule is Cc1cc(C(=O)OCCC2CC2)cc(S(N)(=O)=O)c1Cl. The number of halogens is 1. The number of rotatable bonds is 5. The molecule has 1 saturated carbocycles. The molecule has 110 valence electrons. The highest BCUT2D eigenvalue weighted by molar-refractivity contribution is 7.89. The first-order valence-electron chi connectivity index (χ1n) is 6.29. The molecule has 0 aliphatic heterocycles. The second-order valence-corrected chi connectivity index (χ2v) is 6.93. The number of carbonyl (C=O) groups excluding carboxylic acids is 1. The fourth-order valence-corrected chi connectivity index (χ4v) is 3.00. The fraction of sp³-hybridized carbons (Fsp3) is 0.462. The Morgan fingerprint density at radius 2 is 2.10 bits per heavy atom. The summed E-state index contributed by atoms with van der Waals surface area (Å²) in [6.07, 6.45) is 3.22. The number of primary sulfonamides is 1. The summed E-state index contributed by atoms with van der Waals surface area (Å²) in [5, 5.41) is 5.11. The molecule has 0 bridgehead atoms. The van der Waals surface area contributed by atoms with E-state index in [1.54, 1.807) is 6.92 Å². The van der Waals surface area contributed by atoms with Crippen LogP contribution < -0.4 is 5.14 Å². The highest BCUT2D eigenvalue weighted by Gasteiger charge is 2.22. The van der Waals surface area contributed by atoms with E-state index >= 15 is 0 Å². The predicted octanol–water partition coefficient (Wildman–Crippen LogP) is 2.25. The molecule has 1 aliphatic carbocycles. The molecular weight excluding hydrogens is 302 g/mol. The molecule has 0 heterocycles. The number of hydrogen-bond donors (Lipinski definition) is 1. The topological polar surface area (TPSA) is 86.5 Å². The van der Waals surface area contributed by atoms with Crippen LogP contribution in [0.15, 0.2) is 17.0 Å². The zero-order chi connectivity index (χ0) is 14.9. The summed E-state index contributed by atoms with van der Waals surface area (Å²) in [6.45, 7) is 1.95. The molecule has 0 amide bonds. The van der Waals surface area contributed by atoms with Gasteiger partial charge in [0.2, 0.25) is 10.0 Å². The summed E-state index contributed by atoms with van der Waals surface area (Å²) in [4.78, 5) is 11.6. The molecule has 5 nitrogen and oxygen atoms in total. The van der Waals surface area contributed by atoms with Crippen molar-refractivity contribution in [1.82, 2.24) is 0 Å². The van der Waals surface area contributed by atoms with Gasteiger partial charge in [0.05, 0.1) is 17.2 Å². The molecule has 1 aliphatic rings. The van der Waals surface area contributed by atoms with Gasteiger partial charge < -0.3 is 4.74 Å². The second-order valence-electron chi connectivity index (χ2n) is 5.02. The fourth-order valence-electron chi connectivity index (χ4n) is 1.87. The average molecular weight is 318 g/mol. The van der Waals surface area contributed by atoms with Crippen molar-refractivity contribution >= 4 is 27.6 Å². The third-order valence-corrected chi connectivity index (χ3v) is 4.77. The van der Waals surface area contributed by atoms with Gasteiger partial charge in [0.25, 0.3) is 0 Å². The molecule has 0 saturated heterocycles. The van der Waals surface area contributed by atoms with Crippen molar-refractivity contribution in [3.63, 3.8) is 0 Å². The first-order chi connectivity index (χ1) is 9.29. The highest BCUT2D eigenvalue weighted by Crippen LogP contribution is 2.32. The number of sulfonamides is 1. The van der Waals surface area contributed by atoms with Crippen LogP contribution >= 0.6 is 11.6 Å². The Balaban J connectivity index is 2.18. The highest BCUT2D eigenvalue weighted by atomic mass is 35.5. The largest absolute Gasteiger partial charge is 0.462 e. The van der Waals surface area contributed by atoms with Crippen molar-refractivity contribution in [2.24, 2.45) is 11.1 Å². The number of carbonyl (C=O) groups is 1. The average Bonchev–Trinajstić information content (AvgIpc) is 3.14. The van der Waals surface area contributed by atoms with Crippen LogP contribution in [0.1, 0.15) is 35.2 Å². The van der Waals surface area contributed by atoms with Crippen molar-refractivity contribution in [1.29, 1.82) is 0 Å². The van der Waals surface area contributed by atoms with Crippen molar-refractivity contribution in [2.75, 3.05) is 6.61 Å². The maximum Gasteiger partial charge on any atom is 0.338 e. The summed E-state index contributed by atoms with van der Waals surface area (Å²) in [5.41, 5.74) is 0.610. The Morgan fingerprint density at radius 1 is 1.45 bits per heavy atom. The lowest BCUT2D eigenvalue weighted by atomic mass is 10.1. The van der Waals surface area contributed by atoms with Gasteiger partial charge in [-0.2, -0.15) is 0 Å². The monoisotopic (exact) mass is 317 g/mol. The number of benzene rings is 1. The summed E-state index contributed by atoms with van der Waals surface area (Å²) in [6, 6.07) is 2.65. The Hall–Kier alpha value is -1.11. The van der Waals surface area contributed by atoms with E-state index < -0.39 is 16.0 Å². The minimum Gasteiger partial charge on any atom is -0.462 e. The zero-order valence-electron chi connectivity index (χ0n) is 11.1.